The number of nitrogens with two attached hydrogens (primary N) is 1. The van der Waals surface area contributed by atoms with Crippen molar-refractivity contribution in [2.24, 2.45) is 0 Å². The van der Waals surface area contributed by atoms with Crippen LogP contribution in [0.1, 0.15) is 40.7 Å². The second-order valence-electron chi connectivity index (χ2n) is 6.30. The summed E-state index contributed by atoms with van der Waals surface area (Å²) < 4.78 is 13.7. The fourth-order valence-electron chi connectivity index (χ4n) is 3.19. The Balaban J connectivity index is 1.74. The van der Waals surface area contributed by atoms with Gasteiger partial charge in [0.25, 0.3) is 0 Å². The molecule has 8 heteroatoms. The molecule has 1 aromatic carbocycles. The van der Waals surface area contributed by atoms with E-state index >= 15 is 0 Å². The van der Waals surface area contributed by atoms with Crippen LogP contribution < -0.4 is 10.5 Å². The van der Waals surface area contributed by atoms with Gasteiger partial charge < -0.3 is 20.3 Å². The van der Waals surface area contributed by atoms with Gasteiger partial charge in [-0.15, -0.1) is 11.3 Å². The van der Waals surface area contributed by atoms with Crippen molar-refractivity contribution in [3.63, 3.8) is 0 Å². The van der Waals surface area contributed by atoms with Crippen LogP contribution in [0.5, 0.6) is 11.5 Å². The van der Waals surface area contributed by atoms with Crippen molar-refractivity contribution in [2.75, 3.05) is 12.3 Å². The third-order valence-corrected chi connectivity index (χ3v) is 5.52. The van der Waals surface area contributed by atoms with Crippen LogP contribution in [0, 0.1) is 6.92 Å². The molecule has 0 amide bonds. The summed E-state index contributed by atoms with van der Waals surface area (Å²) in [6.45, 7) is 2.68. The van der Waals surface area contributed by atoms with Gasteiger partial charge in [0, 0.05) is 12.0 Å². The summed E-state index contributed by atoms with van der Waals surface area (Å²) in [4.78, 5) is 11.3. The Labute approximate surface area is 153 Å². The fraction of sp³-hybridized carbons (Fsp3) is 0.333. The SMILES string of the molecule is Cc1ccc2c(cnn2C2CCCCO2)c1Oc1csc(C(=O)O)c1N. The van der Waals surface area contributed by atoms with Gasteiger partial charge in [-0.1, -0.05) is 6.07 Å². The van der Waals surface area contributed by atoms with Crippen molar-refractivity contribution >= 4 is 33.9 Å². The third-order valence-electron chi connectivity index (χ3n) is 4.56. The molecule has 0 radical (unpaired) electrons. The number of hydrogen-bond donors (Lipinski definition) is 2. The van der Waals surface area contributed by atoms with Crippen LogP contribution in [0.3, 0.4) is 0 Å². The minimum atomic E-state index is -1.06. The number of carbonyl (C=O) groups is 1. The van der Waals surface area contributed by atoms with Crippen molar-refractivity contribution in [2.45, 2.75) is 32.4 Å². The molecule has 3 aromatic rings. The molecular weight excluding hydrogens is 354 g/mol. The zero-order valence-electron chi connectivity index (χ0n) is 14.3. The molecule has 0 spiro atoms. The van der Waals surface area contributed by atoms with E-state index in [0.29, 0.717) is 11.5 Å². The van der Waals surface area contributed by atoms with E-state index in [-0.39, 0.29) is 16.8 Å². The number of ether oxygens (including phenoxy) is 2. The van der Waals surface area contributed by atoms with Gasteiger partial charge in [0.1, 0.15) is 16.3 Å². The van der Waals surface area contributed by atoms with E-state index in [1.807, 2.05) is 23.7 Å². The third kappa shape index (κ3) is 2.81. The summed E-state index contributed by atoms with van der Waals surface area (Å²) in [7, 11) is 0. The number of rotatable bonds is 4. The highest BCUT2D eigenvalue weighted by Gasteiger charge is 2.22. The molecule has 0 aliphatic carbocycles. The maximum absolute atomic E-state index is 11.2. The Morgan fingerprint density at radius 3 is 3.00 bits per heavy atom. The van der Waals surface area contributed by atoms with Crippen LogP contribution in [0.4, 0.5) is 5.69 Å². The zero-order chi connectivity index (χ0) is 18.3. The molecule has 1 aliphatic heterocycles. The summed E-state index contributed by atoms with van der Waals surface area (Å²) in [6, 6.07) is 3.96. The molecule has 0 bridgehead atoms. The quantitative estimate of drug-likeness (QED) is 0.712. The monoisotopic (exact) mass is 373 g/mol. The van der Waals surface area contributed by atoms with Crippen molar-refractivity contribution in [1.29, 1.82) is 0 Å². The number of thiophene rings is 1. The first-order valence-corrected chi connectivity index (χ1v) is 9.30. The van der Waals surface area contributed by atoms with Crippen LogP contribution in [0.25, 0.3) is 10.9 Å². The van der Waals surface area contributed by atoms with Crippen LogP contribution in [-0.2, 0) is 4.74 Å². The largest absolute Gasteiger partial charge is 0.477 e. The number of carboxylic acid groups (broad SMARTS) is 1. The molecule has 7 nitrogen and oxygen atoms in total. The van der Waals surface area contributed by atoms with Gasteiger partial charge in [0.15, 0.2) is 12.0 Å². The number of anilines is 1. The molecule has 4 rings (SSSR count). The highest BCUT2D eigenvalue weighted by atomic mass is 32.1. The Morgan fingerprint density at radius 2 is 2.31 bits per heavy atom. The van der Waals surface area contributed by atoms with Crippen LogP contribution in [0.2, 0.25) is 0 Å². The number of aromatic nitrogens is 2. The molecule has 1 atom stereocenters. The first-order valence-electron chi connectivity index (χ1n) is 8.43. The highest BCUT2D eigenvalue weighted by molar-refractivity contribution is 7.13. The topological polar surface area (TPSA) is 99.6 Å². The smallest absolute Gasteiger partial charge is 0.348 e. The van der Waals surface area contributed by atoms with E-state index in [4.69, 9.17) is 20.3 Å². The molecule has 3 heterocycles. The lowest BCUT2D eigenvalue weighted by molar-refractivity contribution is -0.0366. The summed E-state index contributed by atoms with van der Waals surface area (Å²) in [5.74, 6) is -0.0739. The van der Waals surface area contributed by atoms with Crippen molar-refractivity contribution < 1.29 is 19.4 Å². The van der Waals surface area contributed by atoms with Crippen LogP contribution >= 0.6 is 11.3 Å². The van der Waals surface area contributed by atoms with Crippen LogP contribution in [0.15, 0.2) is 23.7 Å². The average Bonchev–Trinajstić information content (AvgIpc) is 3.22. The van der Waals surface area contributed by atoms with Gasteiger partial charge in [-0.25, -0.2) is 9.48 Å². The number of nitrogen functional groups attached to an aromatic ring is 1. The van der Waals surface area contributed by atoms with E-state index < -0.39 is 5.97 Å². The van der Waals surface area contributed by atoms with Gasteiger partial charge in [-0.2, -0.15) is 5.10 Å². The number of carboxylic acids is 1. The van der Waals surface area contributed by atoms with E-state index in [9.17, 15) is 4.79 Å². The first kappa shape index (κ1) is 16.9. The van der Waals surface area contributed by atoms with Crippen molar-refractivity contribution in [3.05, 3.63) is 34.2 Å². The molecule has 136 valence electrons. The Morgan fingerprint density at radius 1 is 1.46 bits per heavy atom. The minimum Gasteiger partial charge on any atom is -0.477 e. The minimum absolute atomic E-state index is 0.0679. The Kier molecular flexibility index (Phi) is 4.29. The Bertz CT molecular complexity index is 972. The fourth-order valence-corrected chi connectivity index (χ4v) is 3.92. The number of nitrogens with zero attached hydrogens (tertiary/aromatic N) is 2. The van der Waals surface area contributed by atoms with Gasteiger partial charge in [-0.05, 0) is 37.8 Å². The van der Waals surface area contributed by atoms with Gasteiger partial charge in [-0.3, -0.25) is 0 Å². The summed E-state index contributed by atoms with van der Waals surface area (Å²) in [5.41, 5.74) is 7.91. The summed E-state index contributed by atoms with van der Waals surface area (Å²) >= 11 is 1.05. The van der Waals surface area contributed by atoms with E-state index in [2.05, 4.69) is 5.10 Å². The average molecular weight is 373 g/mol. The summed E-state index contributed by atoms with van der Waals surface area (Å²) in [5, 5.41) is 16.1. The molecular formula is C18H19N3O4S. The zero-order valence-corrected chi connectivity index (χ0v) is 15.1. The molecule has 1 aliphatic rings. The molecule has 0 saturated carbocycles. The van der Waals surface area contributed by atoms with E-state index in [1.165, 1.54) is 0 Å². The Hall–Kier alpha value is -2.58. The lowest BCUT2D eigenvalue weighted by atomic mass is 10.1. The van der Waals surface area contributed by atoms with E-state index in [0.717, 1.165) is 53.7 Å². The number of aryl methyl sites for hydroxylation is 1. The number of fused-ring (bicyclic) bond motifs is 1. The van der Waals surface area contributed by atoms with E-state index in [1.54, 1.807) is 11.6 Å². The molecule has 1 fully saturated rings. The maximum Gasteiger partial charge on any atom is 0.348 e. The molecule has 1 unspecified atom stereocenters. The highest BCUT2D eigenvalue weighted by Crippen LogP contribution is 2.40. The molecule has 1 saturated heterocycles. The second-order valence-corrected chi connectivity index (χ2v) is 7.18. The lowest BCUT2D eigenvalue weighted by Crippen LogP contribution is -2.18. The van der Waals surface area contributed by atoms with Crippen molar-refractivity contribution in [1.82, 2.24) is 9.78 Å². The van der Waals surface area contributed by atoms with Gasteiger partial charge in [0.05, 0.1) is 17.1 Å². The van der Waals surface area contributed by atoms with Crippen molar-refractivity contribution in [3.8, 4) is 11.5 Å². The standard InChI is InChI=1S/C18H19N3O4S/c1-10-5-6-12-11(8-20-21(12)14-4-2-3-7-24-14)16(10)25-13-9-26-17(15(13)19)18(22)23/h5-6,8-9,14H,2-4,7,19H2,1H3,(H,22,23). The summed E-state index contributed by atoms with van der Waals surface area (Å²) in [6.07, 6.45) is 4.81. The van der Waals surface area contributed by atoms with Gasteiger partial charge >= 0.3 is 5.97 Å². The lowest BCUT2D eigenvalue weighted by Gasteiger charge is -2.23. The second kappa shape index (κ2) is 6.62. The number of benzene rings is 1. The molecule has 3 N–H and O–H groups in total. The number of aromatic carboxylic acids is 1. The normalized spacial score (nSPS) is 17.5. The predicted molar refractivity (Wildman–Crippen MR) is 99.1 cm³/mol. The van der Waals surface area contributed by atoms with Gasteiger partial charge in [0.2, 0.25) is 0 Å². The molecule has 26 heavy (non-hydrogen) atoms. The predicted octanol–water partition coefficient (Wildman–Crippen LogP) is 4.18. The first-order chi connectivity index (χ1) is 12.6. The molecule has 2 aromatic heterocycles. The van der Waals surface area contributed by atoms with Crippen LogP contribution in [-0.4, -0.2) is 27.5 Å². The number of hydrogen-bond acceptors (Lipinski definition) is 6. The maximum atomic E-state index is 11.2.